The first-order valence-electron chi connectivity index (χ1n) is 6.39. The van der Waals surface area contributed by atoms with Crippen LogP contribution in [0.4, 0.5) is 0 Å². The highest BCUT2D eigenvalue weighted by Gasteiger charge is 2.42. The number of nitrogens with two attached hydrogens (primary N) is 1. The predicted molar refractivity (Wildman–Crippen MR) is 67.7 cm³/mol. The minimum Gasteiger partial charge on any atom is -0.381 e. The third-order valence-electron chi connectivity index (χ3n) is 3.49. The maximum absolute atomic E-state index is 6.02. The second-order valence-electron chi connectivity index (χ2n) is 4.62. The lowest BCUT2D eigenvalue weighted by Gasteiger charge is -2.42. The molecule has 0 bridgehead atoms. The van der Waals surface area contributed by atoms with Crippen molar-refractivity contribution in [3.8, 4) is 0 Å². The number of aryl methyl sites for hydroxylation is 1. The van der Waals surface area contributed by atoms with Gasteiger partial charge in [-0.05, 0) is 13.0 Å². The highest BCUT2D eigenvalue weighted by atomic mass is 16.5. The molecule has 1 saturated heterocycles. The number of hydrogen-bond acceptors (Lipinski definition) is 5. The number of nitrogens with one attached hydrogen (secondary N) is 1. The molecule has 1 aromatic heterocycles. The summed E-state index contributed by atoms with van der Waals surface area (Å²) in [5.74, 6) is 5.74. The minimum atomic E-state index is -0.323. The van der Waals surface area contributed by atoms with Crippen molar-refractivity contribution in [3.63, 3.8) is 0 Å². The summed E-state index contributed by atoms with van der Waals surface area (Å²) in [6.45, 7) is 4.06. The quantitative estimate of drug-likeness (QED) is 0.591. The van der Waals surface area contributed by atoms with Crippen LogP contribution in [-0.2, 0) is 16.5 Å². The molecule has 102 valence electrons. The van der Waals surface area contributed by atoms with Crippen molar-refractivity contribution in [1.29, 1.82) is 0 Å². The Morgan fingerprint density at radius 1 is 1.61 bits per heavy atom. The number of rotatable bonds is 5. The number of hydrazine groups is 1. The van der Waals surface area contributed by atoms with Gasteiger partial charge < -0.3 is 9.47 Å². The number of ether oxygens (including phenoxy) is 2. The number of nitrogens with zero attached hydrogens (tertiary/aromatic N) is 2. The van der Waals surface area contributed by atoms with Crippen LogP contribution in [0.25, 0.3) is 0 Å². The van der Waals surface area contributed by atoms with Crippen molar-refractivity contribution in [2.75, 3.05) is 19.8 Å². The summed E-state index contributed by atoms with van der Waals surface area (Å²) in [5.41, 5.74) is 3.46. The van der Waals surface area contributed by atoms with Crippen LogP contribution in [0.5, 0.6) is 0 Å². The van der Waals surface area contributed by atoms with E-state index in [0.717, 1.165) is 18.5 Å². The van der Waals surface area contributed by atoms with Gasteiger partial charge in [0.05, 0.1) is 17.3 Å². The maximum Gasteiger partial charge on any atom is 0.0948 e. The third kappa shape index (κ3) is 2.56. The van der Waals surface area contributed by atoms with Crippen LogP contribution in [0.15, 0.2) is 12.3 Å². The fourth-order valence-corrected chi connectivity index (χ4v) is 2.61. The van der Waals surface area contributed by atoms with Crippen LogP contribution in [-0.4, -0.2) is 35.2 Å². The van der Waals surface area contributed by atoms with E-state index in [0.29, 0.717) is 19.8 Å². The smallest absolute Gasteiger partial charge is 0.0948 e. The molecule has 0 saturated carbocycles. The number of hydrogen-bond donors (Lipinski definition) is 2. The Hall–Kier alpha value is -0.950. The standard InChI is InChI=1S/C12H22N4O2/c1-3-18-12(5-8-17-9-6-12)11(14-13)10-4-7-16(2)15-10/h4,7,11,14H,3,5-6,8-9,13H2,1-2H3. The Morgan fingerprint density at radius 3 is 2.83 bits per heavy atom. The molecule has 6 nitrogen and oxygen atoms in total. The Labute approximate surface area is 107 Å². The van der Waals surface area contributed by atoms with Gasteiger partial charge in [0.25, 0.3) is 0 Å². The molecule has 2 heterocycles. The fraction of sp³-hybridized carbons (Fsp3) is 0.750. The molecule has 18 heavy (non-hydrogen) atoms. The molecule has 0 aromatic carbocycles. The van der Waals surface area contributed by atoms with E-state index in [-0.39, 0.29) is 11.6 Å². The SMILES string of the molecule is CCOC1(C(NN)c2ccn(C)n2)CCOCC1. The fourth-order valence-electron chi connectivity index (χ4n) is 2.61. The lowest BCUT2D eigenvalue weighted by atomic mass is 9.84. The van der Waals surface area contributed by atoms with Gasteiger partial charge in [-0.2, -0.15) is 5.10 Å². The van der Waals surface area contributed by atoms with E-state index in [1.807, 2.05) is 26.2 Å². The first kappa shape index (κ1) is 13.5. The van der Waals surface area contributed by atoms with E-state index >= 15 is 0 Å². The Balaban J connectivity index is 2.26. The molecule has 0 amide bonds. The van der Waals surface area contributed by atoms with Crippen LogP contribution in [0.2, 0.25) is 0 Å². The van der Waals surface area contributed by atoms with Crippen molar-refractivity contribution < 1.29 is 9.47 Å². The van der Waals surface area contributed by atoms with Gasteiger partial charge in [-0.15, -0.1) is 0 Å². The van der Waals surface area contributed by atoms with E-state index in [9.17, 15) is 0 Å². The first-order valence-corrected chi connectivity index (χ1v) is 6.39. The monoisotopic (exact) mass is 254 g/mol. The van der Waals surface area contributed by atoms with Crippen LogP contribution >= 0.6 is 0 Å². The summed E-state index contributed by atoms with van der Waals surface area (Å²) < 4.78 is 13.2. The van der Waals surface area contributed by atoms with Crippen molar-refractivity contribution in [2.24, 2.45) is 12.9 Å². The van der Waals surface area contributed by atoms with Crippen molar-refractivity contribution in [1.82, 2.24) is 15.2 Å². The van der Waals surface area contributed by atoms with E-state index < -0.39 is 0 Å². The van der Waals surface area contributed by atoms with E-state index in [1.165, 1.54) is 0 Å². The molecule has 1 aromatic rings. The minimum absolute atomic E-state index is 0.109. The van der Waals surface area contributed by atoms with Gasteiger partial charge in [-0.3, -0.25) is 10.5 Å². The second kappa shape index (κ2) is 5.79. The van der Waals surface area contributed by atoms with Crippen LogP contribution in [0, 0.1) is 0 Å². The first-order chi connectivity index (χ1) is 8.72. The Kier molecular flexibility index (Phi) is 4.34. The maximum atomic E-state index is 6.02. The van der Waals surface area contributed by atoms with Crippen LogP contribution in [0.3, 0.4) is 0 Å². The van der Waals surface area contributed by atoms with Crippen molar-refractivity contribution in [2.45, 2.75) is 31.4 Å². The van der Waals surface area contributed by atoms with Crippen molar-refractivity contribution in [3.05, 3.63) is 18.0 Å². The molecule has 2 rings (SSSR count). The molecule has 0 radical (unpaired) electrons. The highest BCUT2D eigenvalue weighted by molar-refractivity contribution is 5.12. The lowest BCUT2D eigenvalue weighted by molar-refractivity contribution is -0.128. The molecule has 1 atom stereocenters. The Morgan fingerprint density at radius 2 is 2.33 bits per heavy atom. The zero-order valence-corrected chi connectivity index (χ0v) is 11.1. The normalized spacial score (nSPS) is 20.8. The lowest BCUT2D eigenvalue weighted by Crippen LogP contribution is -2.52. The van der Waals surface area contributed by atoms with Gasteiger partial charge >= 0.3 is 0 Å². The molecule has 3 N–H and O–H groups in total. The molecule has 1 unspecified atom stereocenters. The number of aromatic nitrogens is 2. The summed E-state index contributed by atoms with van der Waals surface area (Å²) in [4.78, 5) is 0. The van der Waals surface area contributed by atoms with Gasteiger partial charge in [0, 0.05) is 45.9 Å². The zero-order valence-electron chi connectivity index (χ0n) is 11.1. The average Bonchev–Trinajstić information content (AvgIpc) is 2.78. The van der Waals surface area contributed by atoms with Gasteiger partial charge in [-0.25, -0.2) is 5.43 Å². The third-order valence-corrected chi connectivity index (χ3v) is 3.49. The average molecular weight is 254 g/mol. The predicted octanol–water partition coefficient (Wildman–Crippen LogP) is 0.510. The summed E-state index contributed by atoms with van der Waals surface area (Å²) in [6, 6.07) is 1.86. The molecule has 1 aliphatic heterocycles. The Bertz CT molecular complexity index is 368. The molecule has 1 fully saturated rings. The second-order valence-corrected chi connectivity index (χ2v) is 4.62. The van der Waals surface area contributed by atoms with E-state index in [1.54, 1.807) is 4.68 Å². The topological polar surface area (TPSA) is 74.3 Å². The van der Waals surface area contributed by atoms with E-state index in [2.05, 4.69) is 10.5 Å². The highest BCUT2D eigenvalue weighted by Crippen LogP contribution is 2.36. The molecular weight excluding hydrogens is 232 g/mol. The summed E-state index contributed by atoms with van der Waals surface area (Å²) in [7, 11) is 1.90. The molecule has 0 spiro atoms. The molecular formula is C12H22N4O2. The van der Waals surface area contributed by atoms with Crippen LogP contribution < -0.4 is 11.3 Å². The summed E-state index contributed by atoms with van der Waals surface area (Å²) >= 11 is 0. The van der Waals surface area contributed by atoms with Crippen LogP contribution in [0.1, 0.15) is 31.5 Å². The zero-order chi connectivity index (χ0) is 13.0. The molecule has 1 aliphatic rings. The van der Waals surface area contributed by atoms with Gasteiger partial charge in [-0.1, -0.05) is 0 Å². The summed E-state index contributed by atoms with van der Waals surface area (Å²) in [5, 5.41) is 4.44. The van der Waals surface area contributed by atoms with Gasteiger partial charge in [0.2, 0.25) is 0 Å². The summed E-state index contributed by atoms with van der Waals surface area (Å²) in [6.07, 6.45) is 3.57. The molecule has 6 heteroatoms. The van der Waals surface area contributed by atoms with Gasteiger partial charge in [0.1, 0.15) is 0 Å². The van der Waals surface area contributed by atoms with E-state index in [4.69, 9.17) is 15.3 Å². The largest absolute Gasteiger partial charge is 0.381 e. The molecule has 0 aliphatic carbocycles. The van der Waals surface area contributed by atoms with Crippen molar-refractivity contribution >= 4 is 0 Å². The van der Waals surface area contributed by atoms with Gasteiger partial charge in [0.15, 0.2) is 0 Å².